The first-order valence-corrected chi connectivity index (χ1v) is 22.9. The maximum atomic E-state index is 12.6. The van der Waals surface area contributed by atoms with Crippen LogP contribution in [-0.2, 0) is 32.7 Å². The molecule has 0 aromatic carbocycles. The number of ether oxygens (including phenoxy) is 2. The second-order valence-electron chi connectivity index (χ2n) is 14.5. The average molecular weight is 774 g/mol. The summed E-state index contributed by atoms with van der Waals surface area (Å²) in [4.78, 5) is 33.5. The van der Waals surface area contributed by atoms with Crippen molar-refractivity contribution < 1.29 is 42.7 Å². The zero-order valence-electron chi connectivity index (χ0n) is 33.9. The van der Waals surface area contributed by atoms with Crippen LogP contribution in [0.4, 0.5) is 0 Å². The lowest BCUT2D eigenvalue weighted by molar-refractivity contribution is -0.154. The first-order valence-electron chi connectivity index (χ1n) is 21.4. The molecule has 0 heterocycles. The summed E-state index contributed by atoms with van der Waals surface area (Å²) >= 11 is 0. The minimum atomic E-state index is -4.61. The molecular formula is C42H80NO9P. The highest BCUT2D eigenvalue weighted by Gasteiger charge is 2.27. The van der Waals surface area contributed by atoms with Crippen molar-refractivity contribution in [3.05, 3.63) is 24.3 Å². The number of nitrogens with two attached hydrogens (primary N) is 1. The lowest BCUT2D eigenvalue weighted by Crippen LogP contribution is -2.34. The van der Waals surface area contributed by atoms with E-state index in [0.29, 0.717) is 13.0 Å². The van der Waals surface area contributed by atoms with Gasteiger partial charge in [-0.05, 0) is 38.5 Å². The minimum absolute atomic E-state index is 0.0152. The van der Waals surface area contributed by atoms with Gasteiger partial charge in [-0.2, -0.15) is 0 Å². The summed E-state index contributed by atoms with van der Waals surface area (Å²) in [5, 5.41) is 8.88. The van der Waals surface area contributed by atoms with E-state index in [9.17, 15) is 19.0 Å². The molecule has 4 N–H and O–H groups in total. The van der Waals surface area contributed by atoms with E-state index in [1.807, 2.05) is 0 Å². The standard InChI is InChI=1S/C42H80NO9P/c1-3-5-7-9-11-13-15-17-19-20-21-23-25-27-29-31-33-35-49-36-39(37-50-53(47,48)51-38-40(43)42(45)46)52-41(44)34-32-30-28-26-24-22-18-16-14-12-10-8-6-4-2/h10,12,16,18,39-40H,3-9,11,13-15,17,19-38,43H2,1-2H3,(H,45,46)(H,47,48)/b12-10-,18-16-. The highest BCUT2D eigenvalue weighted by molar-refractivity contribution is 7.47. The fourth-order valence-corrected chi connectivity index (χ4v) is 6.63. The van der Waals surface area contributed by atoms with E-state index in [2.05, 4.69) is 38.2 Å². The Labute approximate surface area is 324 Å². The molecule has 312 valence electrons. The molecule has 0 saturated carbocycles. The molecule has 53 heavy (non-hydrogen) atoms. The van der Waals surface area contributed by atoms with Gasteiger partial charge in [0, 0.05) is 13.0 Å². The van der Waals surface area contributed by atoms with E-state index in [1.165, 1.54) is 103 Å². The topological polar surface area (TPSA) is 155 Å². The lowest BCUT2D eigenvalue weighted by Gasteiger charge is -2.20. The quantitative estimate of drug-likeness (QED) is 0.0237. The number of hydrogen-bond donors (Lipinski definition) is 3. The van der Waals surface area contributed by atoms with Crippen molar-refractivity contribution in [1.82, 2.24) is 0 Å². The third-order valence-corrected chi connectivity index (χ3v) is 10.2. The van der Waals surface area contributed by atoms with Crippen LogP contribution in [0.3, 0.4) is 0 Å². The normalized spacial score (nSPS) is 14.2. The van der Waals surface area contributed by atoms with E-state index >= 15 is 0 Å². The van der Waals surface area contributed by atoms with Gasteiger partial charge in [-0.3, -0.25) is 18.6 Å². The average Bonchev–Trinajstić information content (AvgIpc) is 3.13. The van der Waals surface area contributed by atoms with Gasteiger partial charge in [0.1, 0.15) is 12.1 Å². The Bertz CT molecular complexity index is 946. The molecule has 0 bridgehead atoms. The number of allylic oxidation sites excluding steroid dienone is 4. The number of esters is 1. The summed E-state index contributed by atoms with van der Waals surface area (Å²) in [6, 6.07) is -1.47. The van der Waals surface area contributed by atoms with E-state index in [-0.39, 0.29) is 13.0 Å². The van der Waals surface area contributed by atoms with Crippen LogP contribution in [0.25, 0.3) is 0 Å². The van der Waals surface area contributed by atoms with Gasteiger partial charge in [-0.25, -0.2) is 4.57 Å². The van der Waals surface area contributed by atoms with Gasteiger partial charge in [0.05, 0.1) is 19.8 Å². The van der Waals surface area contributed by atoms with Crippen LogP contribution in [0.5, 0.6) is 0 Å². The van der Waals surface area contributed by atoms with Gasteiger partial charge < -0.3 is 25.2 Å². The first-order chi connectivity index (χ1) is 25.7. The number of carboxylic acid groups (broad SMARTS) is 1. The van der Waals surface area contributed by atoms with Crippen molar-refractivity contribution >= 4 is 19.8 Å². The van der Waals surface area contributed by atoms with Gasteiger partial charge in [-0.1, -0.05) is 173 Å². The SMILES string of the molecule is CCCC/C=C\C/C=C\CCCCCCCC(=O)OC(COCCCCCCCCCCCCCCCCCCC)COP(=O)(O)OCC(N)C(=O)O. The monoisotopic (exact) mass is 774 g/mol. The molecule has 3 atom stereocenters. The van der Waals surface area contributed by atoms with Crippen molar-refractivity contribution in [2.24, 2.45) is 5.73 Å². The summed E-state index contributed by atoms with van der Waals surface area (Å²) in [7, 11) is -4.61. The molecule has 0 rings (SSSR count). The first kappa shape index (κ1) is 51.5. The highest BCUT2D eigenvalue weighted by Crippen LogP contribution is 2.43. The van der Waals surface area contributed by atoms with E-state index in [0.717, 1.165) is 64.2 Å². The molecule has 0 aliphatic heterocycles. The maximum Gasteiger partial charge on any atom is 0.472 e. The van der Waals surface area contributed by atoms with Crippen LogP contribution in [-0.4, -0.2) is 60.5 Å². The number of phosphoric acid groups is 1. The minimum Gasteiger partial charge on any atom is -0.480 e. The van der Waals surface area contributed by atoms with Crippen molar-refractivity contribution in [3.8, 4) is 0 Å². The molecule has 3 unspecified atom stereocenters. The lowest BCUT2D eigenvalue weighted by atomic mass is 10.0. The third-order valence-electron chi connectivity index (χ3n) is 9.23. The van der Waals surface area contributed by atoms with Crippen LogP contribution >= 0.6 is 7.82 Å². The van der Waals surface area contributed by atoms with Gasteiger partial charge in [0.15, 0.2) is 0 Å². The number of hydrogen-bond acceptors (Lipinski definition) is 8. The zero-order chi connectivity index (χ0) is 39.1. The smallest absolute Gasteiger partial charge is 0.472 e. The molecule has 10 nitrogen and oxygen atoms in total. The summed E-state index contributed by atoms with van der Waals surface area (Å²) in [5.74, 6) is -1.79. The molecule has 11 heteroatoms. The summed E-state index contributed by atoms with van der Waals surface area (Å²) in [6.07, 6.45) is 40.8. The number of phosphoric ester groups is 1. The Morgan fingerprint density at radius 1 is 0.604 bits per heavy atom. The molecule has 0 radical (unpaired) electrons. The fourth-order valence-electron chi connectivity index (χ4n) is 5.86. The fraction of sp³-hybridized carbons (Fsp3) is 0.857. The van der Waals surface area contributed by atoms with Crippen molar-refractivity contribution in [2.75, 3.05) is 26.4 Å². The number of carbonyl (C=O) groups is 2. The van der Waals surface area contributed by atoms with Crippen molar-refractivity contribution in [3.63, 3.8) is 0 Å². The molecule has 0 fully saturated rings. The number of rotatable bonds is 41. The third kappa shape index (κ3) is 38.5. The Balaban J connectivity index is 4.23. The number of carboxylic acids is 1. The number of carbonyl (C=O) groups excluding carboxylic acids is 1. The molecule has 0 spiro atoms. The van der Waals surface area contributed by atoms with Crippen LogP contribution in [0.15, 0.2) is 24.3 Å². The summed E-state index contributed by atoms with van der Waals surface area (Å²) in [5.41, 5.74) is 5.35. The zero-order valence-corrected chi connectivity index (χ0v) is 34.8. The summed E-state index contributed by atoms with van der Waals surface area (Å²) < 4.78 is 33.3. The number of aliphatic carboxylic acids is 1. The second kappa shape index (κ2) is 38.7. The van der Waals surface area contributed by atoms with Gasteiger partial charge >= 0.3 is 19.8 Å². The Kier molecular flexibility index (Phi) is 37.6. The molecule has 0 aromatic rings. The largest absolute Gasteiger partial charge is 0.480 e. The van der Waals surface area contributed by atoms with Gasteiger partial charge in [-0.15, -0.1) is 0 Å². The van der Waals surface area contributed by atoms with Crippen LogP contribution in [0.2, 0.25) is 0 Å². The Morgan fingerprint density at radius 3 is 1.58 bits per heavy atom. The van der Waals surface area contributed by atoms with Crippen LogP contribution in [0.1, 0.15) is 194 Å². The van der Waals surface area contributed by atoms with E-state index in [4.69, 9.17) is 29.4 Å². The van der Waals surface area contributed by atoms with Crippen LogP contribution in [0, 0.1) is 0 Å². The second-order valence-corrected chi connectivity index (χ2v) is 15.9. The van der Waals surface area contributed by atoms with E-state index < -0.39 is 45.1 Å². The molecule has 0 aliphatic rings. The maximum absolute atomic E-state index is 12.6. The van der Waals surface area contributed by atoms with Crippen molar-refractivity contribution in [2.45, 2.75) is 206 Å². The Morgan fingerprint density at radius 2 is 1.06 bits per heavy atom. The molecule has 0 aromatic heterocycles. The van der Waals surface area contributed by atoms with Gasteiger partial charge in [0.25, 0.3) is 0 Å². The summed E-state index contributed by atoms with van der Waals surface area (Å²) in [6.45, 7) is 3.84. The van der Waals surface area contributed by atoms with E-state index in [1.54, 1.807) is 0 Å². The van der Waals surface area contributed by atoms with Gasteiger partial charge in [0.2, 0.25) is 0 Å². The predicted molar refractivity (Wildman–Crippen MR) is 217 cm³/mol. The highest BCUT2D eigenvalue weighted by atomic mass is 31.2. The van der Waals surface area contributed by atoms with Crippen molar-refractivity contribution in [1.29, 1.82) is 0 Å². The molecular weight excluding hydrogens is 693 g/mol. The predicted octanol–water partition coefficient (Wildman–Crippen LogP) is 11.5. The molecule has 0 aliphatic carbocycles. The number of unbranched alkanes of at least 4 members (excludes halogenated alkanes) is 23. The molecule has 0 saturated heterocycles. The van der Waals surface area contributed by atoms with Crippen LogP contribution < -0.4 is 5.73 Å². The molecule has 0 amide bonds. The Hall–Kier alpha value is -1.55.